The molecule has 0 saturated carbocycles. The number of halogens is 4. The quantitative estimate of drug-likeness (QED) is 0.601. The van der Waals surface area contributed by atoms with Crippen LogP contribution in [0.3, 0.4) is 0 Å². The lowest BCUT2D eigenvalue weighted by Gasteiger charge is -2.07. The molecule has 0 unspecified atom stereocenters. The maximum atomic E-state index is 11.9. The highest BCUT2D eigenvalue weighted by atomic mass is 35.5. The number of Topliss-reactive ketones (excluding diaryl/α,β-unsaturated/α-hetero) is 1. The summed E-state index contributed by atoms with van der Waals surface area (Å²) < 4.78 is 28.0. The first-order valence-corrected chi connectivity index (χ1v) is 5.29. The average Bonchev–Trinajstić information content (AvgIpc) is 2.20. The first-order valence-electron chi connectivity index (χ1n) is 4.38. The number of hydrogen-bond donors (Lipinski definition) is 0. The summed E-state index contributed by atoms with van der Waals surface area (Å²) in [6.45, 7) is -2.94. The van der Waals surface area contributed by atoms with Crippen LogP contribution in [0.5, 0.6) is 5.75 Å². The summed E-state index contributed by atoms with van der Waals surface area (Å²) in [6, 6.07) is 3.89. The lowest BCUT2D eigenvalue weighted by atomic mass is 10.1. The minimum atomic E-state index is -2.94. The van der Waals surface area contributed by atoms with Gasteiger partial charge in [-0.2, -0.15) is 8.78 Å². The number of ketones is 1. The van der Waals surface area contributed by atoms with Gasteiger partial charge in [-0.15, -0.1) is 11.6 Å². The van der Waals surface area contributed by atoms with E-state index in [-0.39, 0.29) is 28.9 Å². The molecule has 0 radical (unpaired) electrons. The molecular formula is C10H8Cl2F2O2. The minimum absolute atomic E-state index is 0.0271. The van der Waals surface area contributed by atoms with Crippen molar-refractivity contribution in [1.29, 1.82) is 0 Å². The summed E-state index contributed by atoms with van der Waals surface area (Å²) in [5, 5.41) is -0.0271. The lowest BCUT2D eigenvalue weighted by molar-refractivity contribution is -0.0497. The molecule has 0 aliphatic carbocycles. The summed E-state index contributed by atoms with van der Waals surface area (Å²) in [6.07, 6.45) is 0.174. The second kappa shape index (κ2) is 6.01. The molecule has 6 heteroatoms. The summed E-state index contributed by atoms with van der Waals surface area (Å²) in [7, 11) is 0. The number of carbonyl (C=O) groups excluding carboxylic acids is 1. The fourth-order valence-corrected chi connectivity index (χ4v) is 1.49. The minimum Gasteiger partial charge on any atom is -0.433 e. The fraction of sp³-hybridized carbons (Fsp3) is 0.300. The number of benzene rings is 1. The molecule has 88 valence electrons. The van der Waals surface area contributed by atoms with Crippen LogP contribution in [0, 0.1) is 0 Å². The van der Waals surface area contributed by atoms with E-state index in [0.29, 0.717) is 5.56 Å². The third-order valence-electron chi connectivity index (χ3n) is 1.79. The number of alkyl halides is 3. The van der Waals surface area contributed by atoms with Crippen LogP contribution >= 0.6 is 23.2 Å². The SMILES string of the molecule is O=C(CCCl)c1ccc(OC(F)F)c(Cl)c1. The molecule has 2 nitrogen and oxygen atoms in total. The normalized spacial score (nSPS) is 10.6. The van der Waals surface area contributed by atoms with Crippen LogP contribution in [0.15, 0.2) is 18.2 Å². The Bertz CT molecular complexity index is 383. The molecule has 0 aliphatic heterocycles. The number of carbonyl (C=O) groups is 1. The van der Waals surface area contributed by atoms with Crippen molar-refractivity contribution >= 4 is 29.0 Å². The molecule has 0 fully saturated rings. The van der Waals surface area contributed by atoms with Crippen LogP contribution in [0.4, 0.5) is 8.78 Å². The van der Waals surface area contributed by atoms with Crippen molar-refractivity contribution in [2.24, 2.45) is 0 Å². The second-order valence-corrected chi connectivity index (χ2v) is 3.67. The molecule has 0 amide bonds. The molecule has 0 N–H and O–H groups in total. The van der Waals surface area contributed by atoms with Gasteiger partial charge in [0.05, 0.1) is 5.02 Å². The van der Waals surface area contributed by atoms with Crippen molar-refractivity contribution < 1.29 is 18.3 Å². The third kappa shape index (κ3) is 3.61. The van der Waals surface area contributed by atoms with E-state index in [9.17, 15) is 13.6 Å². The smallest absolute Gasteiger partial charge is 0.387 e. The van der Waals surface area contributed by atoms with Crippen molar-refractivity contribution in [3.8, 4) is 5.75 Å². The molecule has 0 heterocycles. The van der Waals surface area contributed by atoms with Gasteiger partial charge in [0.1, 0.15) is 5.75 Å². The first kappa shape index (κ1) is 13.2. The summed E-state index contributed by atoms with van der Waals surface area (Å²) >= 11 is 11.1. The molecule has 0 aliphatic rings. The molecule has 16 heavy (non-hydrogen) atoms. The topological polar surface area (TPSA) is 26.3 Å². The zero-order valence-corrected chi connectivity index (χ0v) is 9.56. The standard InChI is InChI=1S/C10H8Cl2F2O2/c11-4-3-8(15)6-1-2-9(7(12)5-6)16-10(13)14/h1-2,5,10H,3-4H2. The predicted molar refractivity (Wildman–Crippen MR) is 57.8 cm³/mol. The van der Waals surface area contributed by atoms with Crippen LogP contribution in [0.2, 0.25) is 5.02 Å². The van der Waals surface area contributed by atoms with Crippen molar-refractivity contribution in [3.05, 3.63) is 28.8 Å². The van der Waals surface area contributed by atoms with Gasteiger partial charge in [-0.05, 0) is 18.2 Å². The molecule has 0 atom stereocenters. The Morgan fingerprint density at radius 2 is 2.12 bits per heavy atom. The Hall–Kier alpha value is -0.870. The van der Waals surface area contributed by atoms with Crippen LogP contribution in [-0.2, 0) is 0 Å². The van der Waals surface area contributed by atoms with Gasteiger partial charge < -0.3 is 4.74 Å². The van der Waals surface area contributed by atoms with Crippen LogP contribution in [-0.4, -0.2) is 18.3 Å². The van der Waals surface area contributed by atoms with Crippen molar-refractivity contribution in [2.75, 3.05) is 5.88 Å². The monoisotopic (exact) mass is 268 g/mol. The highest BCUT2D eigenvalue weighted by Crippen LogP contribution is 2.27. The zero-order chi connectivity index (χ0) is 12.1. The molecule has 0 bridgehead atoms. The molecule has 1 rings (SSSR count). The van der Waals surface area contributed by atoms with Crippen LogP contribution in [0.25, 0.3) is 0 Å². The van der Waals surface area contributed by atoms with Gasteiger partial charge in [-0.3, -0.25) is 4.79 Å². The molecule has 0 spiro atoms. The van der Waals surface area contributed by atoms with E-state index < -0.39 is 6.61 Å². The van der Waals surface area contributed by atoms with E-state index >= 15 is 0 Å². The van der Waals surface area contributed by atoms with E-state index in [0.717, 1.165) is 0 Å². The van der Waals surface area contributed by atoms with Crippen molar-refractivity contribution in [1.82, 2.24) is 0 Å². The van der Waals surface area contributed by atoms with Crippen LogP contribution in [0.1, 0.15) is 16.8 Å². The Morgan fingerprint density at radius 1 is 1.44 bits per heavy atom. The van der Waals surface area contributed by atoms with E-state index in [1.54, 1.807) is 0 Å². The third-order valence-corrected chi connectivity index (χ3v) is 2.28. The molecular weight excluding hydrogens is 261 g/mol. The van der Waals surface area contributed by atoms with Gasteiger partial charge in [0, 0.05) is 17.9 Å². The van der Waals surface area contributed by atoms with E-state index in [1.165, 1.54) is 18.2 Å². The Kier molecular flexibility index (Phi) is 4.96. The zero-order valence-electron chi connectivity index (χ0n) is 8.05. The van der Waals surface area contributed by atoms with Crippen molar-refractivity contribution in [3.63, 3.8) is 0 Å². The maximum absolute atomic E-state index is 11.9. The van der Waals surface area contributed by atoms with E-state index in [4.69, 9.17) is 23.2 Å². The second-order valence-electron chi connectivity index (χ2n) is 2.89. The summed E-state index contributed by atoms with van der Waals surface area (Å²) in [5.41, 5.74) is 0.326. The van der Waals surface area contributed by atoms with Gasteiger partial charge >= 0.3 is 6.61 Å². The van der Waals surface area contributed by atoms with Gasteiger partial charge in [0.15, 0.2) is 5.78 Å². The summed E-state index contributed by atoms with van der Waals surface area (Å²) in [5.74, 6) is -0.147. The van der Waals surface area contributed by atoms with E-state index in [1.807, 2.05) is 0 Å². The molecule has 1 aromatic carbocycles. The van der Waals surface area contributed by atoms with Gasteiger partial charge in [-0.25, -0.2) is 0 Å². The Labute approximate surface area is 101 Å². The largest absolute Gasteiger partial charge is 0.433 e. The van der Waals surface area contributed by atoms with Crippen molar-refractivity contribution in [2.45, 2.75) is 13.0 Å². The number of ether oxygens (including phenoxy) is 1. The fourth-order valence-electron chi connectivity index (χ4n) is 1.10. The predicted octanol–water partition coefficient (Wildman–Crippen LogP) is 3.75. The maximum Gasteiger partial charge on any atom is 0.387 e. The molecule has 0 saturated heterocycles. The lowest BCUT2D eigenvalue weighted by Crippen LogP contribution is -2.04. The average molecular weight is 269 g/mol. The Morgan fingerprint density at radius 3 is 2.62 bits per heavy atom. The van der Waals surface area contributed by atoms with Gasteiger partial charge in [-0.1, -0.05) is 11.6 Å². The highest BCUT2D eigenvalue weighted by Gasteiger charge is 2.11. The van der Waals surface area contributed by atoms with Gasteiger partial charge in [0.2, 0.25) is 0 Å². The number of rotatable bonds is 5. The van der Waals surface area contributed by atoms with E-state index in [2.05, 4.69) is 4.74 Å². The molecule has 1 aromatic rings. The first-order chi connectivity index (χ1) is 7.54. The highest BCUT2D eigenvalue weighted by molar-refractivity contribution is 6.32. The van der Waals surface area contributed by atoms with Gasteiger partial charge in [0.25, 0.3) is 0 Å². The Balaban J connectivity index is 2.86. The number of hydrogen-bond acceptors (Lipinski definition) is 2. The molecule has 0 aromatic heterocycles. The summed E-state index contributed by atoms with van der Waals surface area (Å²) in [4.78, 5) is 11.4. The van der Waals surface area contributed by atoms with Crippen LogP contribution < -0.4 is 4.74 Å².